The van der Waals surface area contributed by atoms with Gasteiger partial charge in [-0.3, -0.25) is 4.79 Å². The number of carbonyl (C=O) groups excluding carboxylic acids is 1. The second kappa shape index (κ2) is 11.4. The molecule has 0 spiro atoms. The second-order valence-electron chi connectivity index (χ2n) is 5.33. The molecule has 0 aliphatic rings. The number of rotatable bonds is 11. The molecule has 8 nitrogen and oxygen atoms in total. The largest absolute Gasteiger partial charge is 0.481 e. The molecule has 0 bridgehead atoms. The number of halogens is 2. The lowest BCUT2D eigenvalue weighted by Gasteiger charge is -2.23. The van der Waals surface area contributed by atoms with Crippen molar-refractivity contribution in [2.75, 3.05) is 35.1 Å². The topological polar surface area (TPSA) is 119 Å². The first-order chi connectivity index (χ1) is 12.4. The number of hydrogen-bond acceptors (Lipinski definition) is 4. The van der Waals surface area contributed by atoms with Crippen LogP contribution in [0, 0.1) is 0 Å². The van der Waals surface area contributed by atoms with Crippen molar-refractivity contribution < 1.29 is 24.6 Å². The number of nitrogens with one attached hydrogen (secondary N) is 2. The smallest absolute Gasteiger partial charge is 0.326 e. The number of benzene rings is 1. The molecule has 1 atom stereocenters. The summed E-state index contributed by atoms with van der Waals surface area (Å²) in [5.41, 5.74) is 1.35. The van der Waals surface area contributed by atoms with Crippen LogP contribution in [-0.2, 0) is 9.59 Å². The Kier molecular flexibility index (Phi) is 9.61. The summed E-state index contributed by atoms with van der Waals surface area (Å²) in [6.07, 6.45) is -0.564. The Morgan fingerprint density at radius 1 is 1.04 bits per heavy atom. The van der Waals surface area contributed by atoms with Crippen LogP contribution in [0.4, 0.5) is 16.2 Å². The zero-order valence-corrected chi connectivity index (χ0v) is 15.5. The number of carboxylic acids is 2. The molecule has 1 unspecified atom stereocenters. The molecule has 4 N–H and O–H groups in total. The Hall–Kier alpha value is -2.19. The van der Waals surface area contributed by atoms with Crippen LogP contribution >= 0.6 is 23.2 Å². The highest BCUT2D eigenvalue weighted by atomic mass is 35.5. The zero-order chi connectivity index (χ0) is 19.5. The van der Waals surface area contributed by atoms with Crippen LogP contribution in [0.1, 0.15) is 12.8 Å². The molecule has 1 rings (SSSR count). The molecule has 10 heteroatoms. The van der Waals surface area contributed by atoms with Crippen molar-refractivity contribution in [1.29, 1.82) is 0 Å². The number of carbonyl (C=O) groups is 3. The van der Waals surface area contributed by atoms with Crippen LogP contribution in [0.5, 0.6) is 0 Å². The average Bonchev–Trinajstić information content (AvgIpc) is 2.58. The van der Waals surface area contributed by atoms with Crippen molar-refractivity contribution >= 4 is 52.5 Å². The molecule has 26 heavy (non-hydrogen) atoms. The van der Waals surface area contributed by atoms with Crippen molar-refractivity contribution in [3.8, 4) is 0 Å². The summed E-state index contributed by atoms with van der Waals surface area (Å²) in [4.78, 5) is 35.5. The van der Waals surface area contributed by atoms with Crippen molar-refractivity contribution in [2.24, 2.45) is 0 Å². The highest BCUT2D eigenvalue weighted by Crippen LogP contribution is 2.18. The maximum atomic E-state index is 11.9. The van der Waals surface area contributed by atoms with E-state index in [1.165, 1.54) is 0 Å². The van der Waals surface area contributed by atoms with Gasteiger partial charge in [-0.05, 0) is 30.7 Å². The van der Waals surface area contributed by atoms with Gasteiger partial charge in [0.1, 0.15) is 6.04 Å². The summed E-state index contributed by atoms with van der Waals surface area (Å²) in [7, 11) is 0. The maximum Gasteiger partial charge on any atom is 0.326 e. The van der Waals surface area contributed by atoms with E-state index in [0.29, 0.717) is 30.5 Å². The fraction of sp³-hybridized carbons (Fsp3) is 0.438. The van der Waals surface area contributed by atoms with Crippen molar-refractivity contribution in [1.82, 2.24) is 5.32 Å². The molecule has 1 aromatic carbocycles. The third-order valence-corrected chi connectivity index (χ3v) is 3.79. The summed E-state index contributed by atoms with van der Waals surface area (Å²) < 4.78 is 0. The number of hydrogen-bond donors (Lipinski definition) is 4. The lowest BCUT2D eigenvalue weighted by Crippen LogP contribution is -2.43. The molecule has 0 saturated carbocycles. The van der Waals surface area contributed by atoms with E-state index in [1.807, 2.05) is 4.90 Å². The molecule has 1 aromatic rings. The molecule has 0 radical (unpaired) electrons. The van der Waals surface area contributed by atoms with Gasteiger partial charge >= 0.3 is 18.0 Å². The van der Waals surface area contributed by atoms with Crippen LogP contribution in [0.25, 0.3) is 0 Å². The number of aliphatic carboxylic acids is 2. The highest BCUT2D eigenvalue weighted by Gasteiger charge is 2.21. The molecule has 0 heterocycles. The van der Waals surface area contributed by atoms with E-state index in [0.717, 1.165) is 5.69 Å². The lowest BCUT2D eigenvalue weighted by atomic mass is 10.1. The fourth-order valence-corrected chi connectivity index (χ4v) is 2.59. The predicted molar refractivity (Wildman–Crippen MR) is 101 cm³/mol. The van der Waals surface area contributed by atoms with Crippen LogP contribution in [-0.4, -0.2) is 59.1 Å². The first-order valence-electron chi connectivity index (χ1n) is 7.86. The van der Waals surface area contributed by atoms with Crippen LogP contribution < -0.4 is 15.5 Å². The van der Waals surface area contributed by atoms with Gasteiger partial charge in [0.25, 0.3) is 0 Å². The molecule has 0 aliphatic carbocycles. The normalized spacial score (nSPS) is 11.5. The van der Waals surface area contributed by atoms with E-state index in [4.69, 9.17) is 33.4 Å². The van der Waals surface area contributed by atoms with E-state index < -0.39 is 24.0 Å². The van der Waals surface area contributed by atoms with Crippen LogP contribution in [0.15, 0.2) is 24.3 Å². The molecular formula is C16H21Cl2N3O5. The van der Waals surface area contributed by atoms with Crippen LogP contribution in [0.3, 0.4) is 0 Å². The van der Waals surface area contributed by atoms with Gasteiger partial charge in [0.2, 0.25) is 0 Å². The van der Waals surface area contributed by atoms with Gasteiger partial charge in [-0.25, -0.2) is 9.59 Å². The summed E-state index contributed by atoms with van der Waals surface area (Å²) in [5, 5.41) is 22.4. The molecule has 0 fully saturated rings. The van der Waals surface area contributed by atoms with E-state index in [2.05, 4.69) is 10.6 Å². The second-order valence-corrected chi connectivity index (χ2v) is 6.09. The molecule has 0 aromatic heterocycles. The monoisotopic (exact) mass is 405 g/mol. The molecule has 0 saturated heterocycles. The van der Waals surface area contributed by atoms with Gasteiger partial charge in [-0.1, -0.05) is 0 Å². The summed E-state index contributed by atoms with van der Waals surface area (Å²) in [5.74, 6) is -1.53. The first kappa shape index (κ1) is 21.9. The van der Waals surface area contributed by atoms with Gasteiger partial charge in [0.15, 0.2) is 0 Å². The van der Waals surface area contributed by atoms with Gasteiger partial charge in [-0.2, -0.15) is 0 Å². The fourth-order valence-electron chi connectivity index (χ4n) is 2.18. The van der Waals surface area contributed by atoms with E-state index >= 15 is 0 Å². The zero-order valence-electron chi connectivity index (χ0n) is 14.0. The van der Waals surface area contributed by atoms with Gasteiger partial charge in [-0.15, -0.1) is 23.2 Å². The Morgan fingerprint density at radius 3 is 2.08 bits per heavy atom. The number of anilines is 2. The van der Waals surface area contributed by atoms with E-state index in [9.17, 15) is 14.4 Å². The minimum absolute atomic E-state index is 0.206. The Balaban J connectivity index is 2.65. The third kappa shape index (κ3) is 7.79. The lowest BCUT2D eigenvalue weighted by molar-refractivity contribution is -0.140. The minimum Gasteiger partial charge on any atom is -0.481 e. The molecule has 0 aliphatic heterocycles. The SMILES string of the molecule is O=C(O)CCC(NC(=O)Nc1ccc(N(CCCl)CCCl)cc1)C(=O)O. The van der Waals surface area contributed by atoms with Gasteiger partial charge in [0.05, 0.1) is 0 Å². The highest BCUT2D eigenvalue weighted by molar-refractivity contribution is 6.18. The number of urea groups is 1. The van der Waals surface area contributed by atoms with Gasteiger partial charge in [0, 0.05) is 42.6 Å². The molecule has 2 amide bonds. The number of carboxylic acid groups (broad SMARTS) is 2. The maximum absolute atomic E-state index is 11.9. The molecular weight excluding hydrogens is 385 g/mol. The Morgan fingerprint density at radius 2 is 1.62 bits per heavy atom. The number of amides is 2. The summed E-state index contributed by atoms with van der Waals surface area (Å²) in [6, 6.07) is 4.89. The average molecular weight is 406 g/mol. The summed E-state index contributed by atoms with van der Waals surface area (Å²) >= 11 is 11.5. The van der Waals surface area contributed by atoms with E-state index in [1.54, 1.807) is 24.3 Å². The van der Waals surface area contributed by atoms with Gasteiger partial charge < -0.3 is 25.7 Å². The quantitative estimate of drug-likeness (QED) is 0.419. The van der Waals surface area contributed by atoms with E-state index in [-0.39, 0.29) is 12.8 Å². The Labute approximate surface area is 161 Å². The molecule has 144 valence electrons. The first-order valence-corrected chi connectivity index (χ1v) is 8.93. The standard InChI is InChI=1S/C16H21Cl2N3O5/c17-7-9-21(10-8-18)12-3-1-11(2-4-12)19-16(26)20-13(15(24)25)5-6-14(22)23/h1-4,13H,5-10H2,(H,22,23)(H,24,25)(H2,19,20,26). The Bertz CT molecular complexity index is 606. The predicted octanol–water partition coefficient (Wildman–Crippen LogP) is 2.41. The minimum atomic E-state index is -1.30. The van der Waals surface area contributed by atoms with Crippen LogP contribution in [0.2, 0.25) is 0 Å². The van der Waals surface area contributed by atoms with Crippen molar-refractivity contribution in [3.05, 3.63) is 24.3 Å². The third-order valence-electron chi connectivity index (χ3n) is 3.45. The summed E-state index contributed by atoms with van der Waals surface area (Å²) in [6.45, 7) is 1.26. The van der Waals surface area contributed by atoms with Crippen molar-refractivity contribution in [2.45, 2.75) is 18.9 Å². The number of alkyl halides is 2. The van der Waals surface area contributed by atoms with Crippen molar-refractivity contribution in [3.63, 3.8) is 0 Å². The number of nitrogens with zero attached hydrogens (tertiary/aromatic N) is 1.